The van der Waals surface area contributed by atoms with Gasteiger partial charge in [0.05, 0.1) is 20.6 Å². The van der Waals surface area contributed by atoms with Crippen molar-refractivity contribution in [2.75, 3.05) is 34.1 Å². The third-order valence-corrected chi connectivity index (χ3v) is 5.21. The van der Waals surface area contributed by atoms with Crippen LogP contribution < -0.4 is 18.9 Å². The summed E-state index contributed by atoms with van der Waals surface area (Å²) in [4.78, 5) is 14.7. The Kier molecular flexibility index (Phi) is 4.79. The van der Waals surface area contributed by atoms with Crippen LogP contribution >= 0.6 is 0 Å². The van der Waals surface area contributed by atoms with Crippen LogP contribution in [0.2, 0.25) is 0 Å². The molecule has 0 aliphatic carbocycles. The maximum absolute atomic E-state index is 12.8. The first-order valence-electron chi connectivity index (χ1n) is 9.06. The van der Waals surface area contributed by atoms with Crippen LogP contribution in [0.4, 0.5) is 0 Å². The molecule has 0 aromatic heterocycles. The van der Waals surface area contributed by atoms with Crippen molar-refractivity contribution in [2.45, 2.75) is 18.8 Å². The Morgan fingerprint density at radius 3 is 2.81 bits per heavy atom. The first-order chi connectivity index (χ1) is 13.2. The molecule has 2 aliphatic heterocycles. The molecule has 1 fully saturated rings. The normalized spacial score (nSPS) is 17.9. The topological polar surface area (TPSA) is 57.2 Å². The zero-order valence-corrected chi connectivity index (χ0v) is 15.6. The monoisotopic (exact) mass is 369 g/mol. The molecule has 2 heterocycles. The molecule has 0 radical (unpaired) electrons. The number of amides is 1. The third-order valence-electron chi connectivity index (χ3n) is 5.21. The van der Waals surface area contributed by atoms with E-state index in [9.17, 15) is 4.79 Å². The molecule has 0 spiro atoms. The summed E-state index contributed by atoms with van der Waals surface area (Å²) in [7, 11) is 3.29. The second kappa shape index (κ2) is 7.39. The zero-order valence-electron chi connectivity index (χ0n) is 15.6. The molecule has 2 aromatic rings. The van der Waals surface area contributed by atoms with Crippen molar-refractivity contribution in [1.82, 2.24) is 4.90 Å². The Hall–Kier alpha value is -2.89. The van der Waals surface area contributed by atoms with Gasteiger partial charge in [-0.05, 0) is 30.2 Å². The van der Waals surface area contributed by atoms with Gasteiger partial charge in [-0.3, -0.25) is 4.79 Å². The van der Waals surface area contributed by atoms with Gasteiger partial charge < -0.3 is 23.8 Å². The van der Waals surface area contributed by atoms with Crippen molar-refractivity contribution in [3.05, 3.63) is 47.5 Å². The van der Waals surface area contributed by atoms with Gasteiger partial charge in [-0.25, -0.2) is 0 Å². The summed E-state index contributed by atoms with van der Waals surface area (Å²) in [6.07, 6.45) is 1.27. The molecule has 1 amide bonds. The Balaban J connectivity index is 1.44. The summed E-state index contributed by atoms with van der Waals surface area (Å²) in [5, 5.41) is 0. The van der Waals surface area contributed by atoms with Crippen LogP contribution in [-0.4, -0.2) is 44.9 Å². The molecule has 0 saturated carbocycles. The van der Waals surface area contributed by atoms with E-state index in [-0.39, 0.29) is 18.6 Å². The number of para-hydroxylation sites is 1. The maximum atomic E-state index is 12.8. The molecule has 1 saturated heterocycles. The second-order valence-electron chi connectivity index (χ2n) is 6.77. The van der Waals surface area contributed by atoms with Crippen LogP contribution in [0.5, 0.6) is 23.0 Å². The highest BCUT2D eigenvalue weighted by molar-refractivity contribution is 5.79. The minimum Gasteiger partial charge on any atom is -0.493 e. The van der Waals surface area contributed by atoms with Crippen molar-refractivity contribution in [3.8, 4) is 23.0 Å². The van der Waals surface area contributed by atoms with E-state index in [0.29, 0.717) is 18.7 Å². The number of carbonyl (C=O) groups is 1. The van der Waals surface area contributed by atoms with Crippen molar-refractivity contribution in [2.24, 2.45) is 0 Å². The zero-order chi connectivity index (χ0) is 18.8. The number of benzene rings is 2. The highest BCUT2D eigenvalue weighted by atomic mass is 16.7. The van der Waals surface area contributed by atoms with Crippen LogP contribution in [0, 0.1) is 0 Å². The van der Waals surface area contributed by atoms with E-state index in [1.165, 1.54) is 0 Å². The first kappa shape index (κ1) is 17.5. The van der Waals surface area contributed by atoms with Crippen LogP contribution in [0.3, 0.4) is 0 Å². The number of carbonyl (C=O) groups excluding carboxylic acids is 1. The van der Waals surface area contributed by atoms with E-state index < -0.39 is 0 Å². The van der Waals surface area contributed by atoms with E-state index in [4.69, 9.17) is 18.9 Å². The number of ether oxygens (including phenoxy) is 4. The van der Waals surface area contributed by atoms with Gasteiger partial charge in [0.15, 0.2) is 23.0 Å². The number of fused-ring (bicyclic) bond motifs is 1. The fraction of sp³-hybridized carbons (Fsp3) is 0.381. The van der Waals surface area contributed by atoms with Crippen molar-refractivity contribution in [1.29, 1.82) is 0 Å². The minimum atomic E-state index is 0.123. The molecule has 2 aliphatic rings. The lowest BCUT2D eigenvalue weighted by molar-refractivity contribution is -0.129. The molecule has 6 heteroatoms. The number of likely N-dealkylation sites (tertiary alicyclic amines) is 1. The van der Waals surface area contributed by atoms with Gasteiger partial charge in [0.2, 0.25) is 12.7 Å². The van der Waals surface area contributed by atoms with E-state index in [1.54, 1.807) is 14.2 Å². The van der Waals surface area contributed by atoms with E-state index in [2.05, 4.69) is 6.07 Å². The molecule has 0 bridgehead atoms. The lowest BCUT2D eigenvalue weighted by Gasteiger charge is -2.19. The van der Waals surface area contributed by atoms with E-state index >= 15 is 0 Å². The van der Waals surface area contributed by atoms with Gasteiger partial charge in [-0.15, -0.1) is 0 Å². The standard InChI is InChI=1S/C21H23NO5/c1-24-18-5-3-4-16(21(18)25-2)15-8-9-22(12-15)20(23)11-14-6-7-17-19(10-14)27-13-26-17/h3-7,10,15H,8-9,11-13H2,1-2H3/t15-/m0/s1. The summed E-state index contributed by atoms with van der Waals surface area (Å²) in [5.41, 5.74) is 2.03. The third kappa shape index (κ3) is 3.39. The number of methoxy groups -OCH3 is 2. The van der Waals surface area contributed by atoms with E-state index in [1.807, 2.05) is 35.2 Å². The molecule has 0 N–H and O–H groups in total. The summed E-state index contributed by atoms with van der Waals surface area (Å²) in [5.74, 6) is 3.29. The predicted molar refractivity (Wildman–Crippen MR) is 99.8 cm³/mol. The van der Waals surface area contributed by atoms with Crippen LogP contribution in [0.1, 0.15) is 23.5 Å². The van der Waals surface area contributed by atoms with Crippen molar-refractivity contribution < 1.29 is 23.7 Å². The van der Waals surface area contributed by atoms with Gasteiger partial charge in [-0.2, -0.15) is 0 Å². The molecular formula is C21H23NO5. The van der Waals surface area contributed by atoms with Crippen LogP contribution in [0.15, 0.2) is 36.4 Å². The summed E-state index contributed by atoms with van der Waals surface area (Å²) in [6, 6.07) is 11.6. The summed E-state index contributed by atoms with van der Waals surface area (Å²) >= 11 is 0. The lowest BCUT2D eigenvalue weighted by Crippen LogP contribution is -2.29. The highest BCUT2D eigenvalue weighted by Gasteiger charge is 2.30. The lowest BCUT2D eigenvalue weighted by atomic mass is 9.97. The highest BCUT2D eigenvalue weighted by Crippen LogP contribution is 2.39. The van der Waals surface area contributed by atoms with Crippen molar-refractivity contribution >= 4 is 5.91 Å². The Morgan fingerprint density at radius 1 is 1.15 bits per heavy atom. The Bertz CT molecular complexity index is 850. The molecule has 4 rings (SSSR count). The molecule has 0 unspecified atom stereocenters. The summed E-state index contributed by atoms with van der Waals surface area (Å²) < 4.78 is 21.7. The molecular weight excluding hydrogens is 346 g/mol. The second-order valence-corrected chi connectivity index (χ2v) is 6.77. The molecule has 2 aromatic carbocycles. The Morgan fingerprint density at radius 2 is 2.00 bits per heavy atom. The average molecular weight is 369 g/mol. The number of nitrogens with zero attached hydrogens (tertiary/aromatic N) is 1. The SMILES string of the molecule is COc1cccc([C@H]2CCN(C(=O)Cc3ccc4c(c3)OCO4)C2)c1OC. The number of hydrogen-bond donors (Lipinski definition) is 0. The van der Waals surface area contributed by atoms with Gasteiger partial charge in [-0.1, -0.05) is 18.2 Å². The largest absolute Gasteiger partial charge is 0.493 e. The average Bonchev–Trinajstić information content (AvgIpc) is 3.36. The Labute approximate surface area is 158 Å². The molecule has 6 nitrogen and oxygen atoms in total. The minimum absolute atomic E-state index is 0.123. The molecule has 27 heavy (non-hydrogen) atoms. The van der Waals surface area contributed by atoms with Gasteiger partial charge >= 0.3 is 0 Å². The first-order valence-corrected chi connectivity index (χ1v) is 9.06. The summed E-state index contributed by atoms with van der Waals surface area (Å²) in [6.45, 7) is 1.67. The number of rotatable bonds is 5. The quantitative estimate of drug-likeness (QED) is 0.811. The van der Waals surface area contributed by atoms with Crippen LogP contribution in [0.25, 0.3) is 0 Å². The van der Waals surface area contributed by atoms with Crippen molar-refractivity contribution in [3.63, 3.8) is 0 Å². The van der Waals surface area contributed by atoms with E-state index in [0.717, 1.165) is 41.3 Å². The smallest absolute Gasteiger partial charge is 0.231 e. The van der Waals surface area contributed by atoms with Crippen LogP contribution in [-0.2, 0) is 11.2 Å². The van der Waals surface area contributed by atoms with Gasteiger partial charge in [0.25, 0.3) is 0 Å². The number of hydrogen-bond acceptors (Lipinski definition) is 5. The van der Waals surface area contributed by atoms with Gasteiger partial charge in [0.1, 0.15) is 0 Å². The molecule has 1 atom stereocenters. The fourth-order valence-electron chi connectivity index (χ4n) is 3.81. The predicted octanol–water partition coefficient (Wildman–Crippen LogP) is 2.99. The fourth-order valence-corrected chi connectivity index (χ4v) is 3.81. The van der Waals surface area contributed by atoms with Gasteiger partial charge in [0, 0.05) is 24.6 Å². The maximum Gasteiger partial charge on any atom is 0.231 e. The molecule has 142 valence electrons.